The number of aliphatic hydroxyl groups excluding tert-OH is 2. The summed E-state index contributed by atoms with van der Waals surface area (Å²) in [5.74, 6) is 0.316. The maximum absolute atomic E-state index is 9.69. The number of aliphatic hydroxyl groups is 2. The normalized spacial score (nSPS) is 21.5. The molecule has 0 spiro atoms. The Bertz CT molecular complexity index is 246. The Hall–Kier alpha value is -0.800. The van der Waals surface area contributed by atoms with Gasteiger partial charge in [-0.1, -0.05) is 6.08 Å². The van der Waals surface area contributed by atoms with Crippen molar-refractivity contribution >= 4 is 0 Å². The van der Waals surface area contributed by atoms with Crippen molar-refractivity contribution in [2.24, 2.45) is 0 Å². The zero-order valence-electron chi connectivity index (χ0n) is 9.07. The molecule has 0 fully saturated rings. The molecule has 0 aromatic heterocycles. The highest BCUT2D eigenvalue weighted by Gasteiger charge is 2.25. The van der Waals surface area contributed by atoms with Gasteiger partial charge in [-0.3, -0.25) is 0 Å². The molecule has 14 heavy (non-hydrogen) atoms. The van der Waals surface area contributed by atoms with Gasteiger partial charge >= 0.3 is 0 Å². The molecule has 1 aliphatic carbocycles. The van der Waals surface area contributed by atoms with Crippen molar-refractivity contribution in [1.29, 1.82) is 0 Å². The second-order valence-electron chi connectivity index (χ2n) is 4.00. The zero-order chi connectivity index (χ0) is 10.7. The molecule has 3 heteroatoms. The first kappa shape index (κ1) is 11.3. The van der Waals surface area contributed by atoms with Gasteiger partial charge in [-0.2, -0.15) is 0 Å². The Labute approximate surface area is 85.4 Å². The number of hydrogen-bond donors (Lipinski definition) is 2. The first-order valence-corrected chi connectivity index (χ1v) is 4.97. The topological polar surface area (TPSA) is 43.7 Å². The molecule has 0 aliphatic heterocycles. The van der Waals surface area contributed by atoms with Crippen LogP contribution in [0.2, 0.25) is 0 Å². The lowest BCUT2D eigenvalue weighted by atomic mass is 9.93. The van der Waals surface area contributed by atoms with Crippen LogP contribution in [-0.2, 0) is 0 Å². The standard InChI is InChI=1S/C11H19NO2/c1-8(13)11(12(2)3)9-6-4-5-7-10(9)14/h5,7-8,11,13-14H,4,6H2,1-3H3/t8-,11?/m0/s1. The molecule has 0 saturated carbocycles. The fraction of sp³-hybridized carbons (Fsp3) is 0.636. The summed E-state index contributed by atoms with van der Waals surface area (Å²) in [5, 5.41) is 19.3. The van der Waals surface area contributed by atoms with E-state index in [0.29, 0.717) is 5.76 Å². The number of likely N-dealkylation sites (N-methyl/N-ethyl adjacent to an activating group) is 1. The summed E-state index contributed by atoms with van der Waals surface area (Å²) in [6.45, 7) is 1.75. The van der Waals surface area contributed by atoms with E-state index in [1.54, 1.807) is 13.0 Å². The Morgan fingerprint density at radius 2 is 2.07 bits per heavy atom. The van der Waals surface area contributed by atoms with Crippen LogP contribution in [-0.4, -0.2) is 41.4 Å². The van der Waals surface area contributed by atoms with Crippen molar-refractivity contribution in [2.75, 3.05) is 14.1 Å². The molecule has 80 valence electrons. The SMILES string of the molecule is C[C@H](O)C(C1=C(O)C=CCC1)N(C)C. The van der Waals surface area contributed by atoms with Gasteiger partial charge in [0, 0.05) is 0 Å². The van der Waals surface area contributed by atoms with Crippen LogP contribution >= 0.6 is 0 Å². The summed E-state index contributed by atoms with van der Waals surface area (Å²) in [6, 6.07) is -0.0834. The third kappa shape index (κ3) is 2.36. The predicted molar refractivity (Wildman–Crippen MR) is 57.2 cm³/mol. The van der Waals surface area contributed by atoms with Crippen LogP contribution in [0.5, 0.6) is 0 Å². The molecule has 1 aliphatic rings. The summed E-state index contributed by atoms with van der Waals surface area (Å²) in [5.41, 5.74) is 0.938. The minimum absolute atomic E-state index is 0.0834. The van der Waals surface area contributed by atoms with Gasteiger partial charge in [-0.15, -0.1) is 0 Å². The summed E-state index contributed by atoms with van der Waals surface area (Å²) >= 11 is 0. The van der Waals surface area contributed by atoms with E-state index < -0.39 is 6.10 Å². The largest absolute Gasteiger partial charge is 0.508 e. The Kier molecular flexibility index (Phi) is 3.72. The van der Waals surface area contributed by atoms with Crippen LogP contribution in [0.15, 0.2) is 23.5 Å². The van der Waals surface area contributed by atoms with Crippen LogP contribution in [0.25, 0.3) is 0 Å². The van der Waals surface area contributed by atoms with E-state index in [2.05, 4.69) is 0 Å². The molecule has 0 radical (unpaired) electrons. The molecule has 1 rings (SSSR count). The van der Waals surface area contributed by atoms with Gasteiger partial charge in [0.15, 0.2) is 0 Å². The van der Waals surface area contributed by atoms with Gasteiger partial charge in [0.1, 0.15) is 5.76 Å². The second kappa shape index (κ2) is 4.62. The van der Waals surface area contributed by atoms with E-state index in [9.17, 15) is 10.2 Å². The van der Waals surface area contributed by atoms with E-state index in [0.717, 1.165) is 18.4 Å². The highest BCUT2D eigenvalue weighted by atomic mass is 16.3. The first-order chi connectivity index (χ1) is 6.54. The second-order valence-corrected chi connectivity index (χ2v) is 4.00. The van der Waals surface area contributed by atoms with Crippen LogP contribution in [0.1, 0.15) is 19.8 Å². The van der Waals surface area contributed by atoms with Crippen LogP contribution in [0, 0.1) is 0 Å². The van der Waals surface area contributed by atoms with Gasteiger partial charge in [0.25, 0.3) is 0 Å². The fourth-order valence-corrected chi connectivity index (χ4v) is 2.00. The number of nitrogens with zero attached hydrogens (tertiary/aromatic N) is 1. The van der Waals surface area contributed by atoms with Gasteiger partial charge in [0.2, 0.25) is 0 Å². The molecule has 2 atom stereocenters. The molecule has 0 bridgehead atoms. The molecule has 0 aromatic rings. The monoisotopic (exact) mass is 197 g/mol. The van der Waals surface area contributed by atoms with Crippen molar-refractivity contribution in [1.82, 2.24) is 4.90 Å². The number of allylic oxidation sites excluding steroid dienone is 2. The summed E-state index contributed by atoms with van der Waals surface area (Å²) in [4.78, 5) is 1.94. The minimum atomic E-state index is -0.464. The average Bonchev–Trinajstić information content (AvgIpc) is 2.07. The average molecular weight is 197 g/mol. The highest BCUT2D eigenvalue weighted by molar-refractivity contribution is 5.28. The van der Waals surface area contributed by atoms with E-state index in [1.807, 2.05) is 25.1 Å². The Morgan fingerprint density at radius 1 is 1.43 bits per heavy atom. The molecule has 0 aromatic carbocycles. The molecule has 3 nitrogen and oxygen atoms in total. The first-order valence-electron chi connectivity index (χ1n) is 4.97. The zero-order valence-corrected chi connectivity index (χ0v) is 9.07. The number of rotatable bonds is 3. The van der Waals surface area contributed by atoms with Crippen molar-refractivity contribution < 1.29 is 10.2 Å². The van der Waals surface area contributed by atoms with Crippen LogP contribution in [0.4, 0.5) is 0 Å². The van der Waals surface area contributed by atoms with Gasteiger partial charge in [0.05, 0.1) is 12.1 Å². The van der Waals surface area contributed by atoms with Gasteiger partial charge in [-0.05, 0) is 45.5 Å². The lowest BCUT2D eigenvalue weighted by molar-refractivity contribution is 0.105. The van der Waals surface area contributed by atoms with Crippen molar-refractivity contribution in [3.8, 4) is 0 Å². The highest BCUT2D eigenvalue weighted by Crippen LogP contribution is 2.24. The van der Waals surface area contributed by atoms with Crippen molar-refractivity contribution in [2.45, 2.75) is 31.9 Å². The minimum Gasteiger partial charge on any atom is -0.508 e. The number of hydrogen-bond acceptors (Lipinski definition) is 3. The maximum Gasteiger partial charge on any atom is 0.116 e. The molecule has 0 heterocycles. The molecular weight excluding hydrogens is 178 g/mol. The summed E-state index contributed by atoms with van der Waals surface area (Å²) in [7, 11) is 3.83. The van der Waals surface area contributed by atoms with Crippen LogP contribution in [0.3, 0.4) is 0 Å². The smallest absolute Gasteiger partial charge is 0.116 e. The Morgan fingerprint density at radius 3 is 2.50 bits per heavy atom. The van der Waals surface area contributed by atoms with E-state index in [1.165, 1.54) is 0 Å². The van der Waals surface area contributed by atoms with Gasteiger partial charge < -0.3 is 15.1 Å². The molecule has 1 unspecified atom stereocenters. The van der Waals surface area contributed by atoms with E-state index in [-0.39, 0.29) is 6.04 Å². The third-order valence-electron chi connectivity index (χ3n) is 2.56. The third-order valence-corrected chi connectivity index (χ3v) is 2.56. The van der Waals surface area contributed by atoms with E-state index >= 15 is 0 Å². The lowest BCUT2D eigenvalue weighted by Crippen LogP contribution is -2.39. The predicted octanol–water partition coefficient (Wildman–Crippen LogP) is 1.46. The Balaban J connectivity index is 2.92. The quantitative estimate of drug-likeness (QED) is 0.720. The lowest BCUT2D eigenvalue weighted by Gasteiger charge is -2.30. The van der Waals surface area contributed by atoms with Crippen molar-refractivity contribution in [3.05, 3.63) is 23.5 Å². The van der Waals surface area contributed by atoms with E-state index in [4.69, 9.17) is 0 Å². The summed E-state index contributed by atoms with van der Waals surface area (Å²) < 4.78 is 0. The van der Waals surface area contributed by atoms with Gasteiger partial charge in [-0.25, -0.2) is 0 Å². The fourth-order valence-electron chi connectivity index (χ4n) is 2.00. The van der Waals surface area contributed by atoms with Crippen LogP contribution < -0.4 is 0 Å². The maximum atomic E-state index is 9.69. The molecule has 0 amide bonds. The molecule has 2 N–H and O–H groups in total. The molecular formula is C11H19NO2. The summed E-state index contributed by atoms with van der Waals surface area (Å²) in [6.07, 6.45) is 4.98. The molecule has 0 saturated heterocycles. The van der Waals surface area contributed by atoms with Crippen molar-refractivity contribution in [3.63, 3.8) is 0 Å².